The van der Waals surface area contributed by atoms with Crippen LogP contribution in [0.5, 0.6) is 0 Å². The Morgan fingerprint density at radius 2 is 1.86 bits per heavy atom. The van der Waals surface area contributed by atoms with Crippen molar-refractivity contribution in [2.24, 2.45) is 4.99 Å². The van der Waals surface area contributed by atoms with Crippen LogP contribution in [0.2, 0.25) is 0 Å². The summed E-state index contributed by atoms with van der Waals surface area (Å²) in [4.78, 5) is 36.3. The number of allylic oxidation sites excluding steroid dienone is 5. The Kier molecular flexibility index (Phi) is 1.81. The van der Waals surface area contributed by atoms with Gasteiger partial charge in [-0.3, -0.25) is 14.4 Å². The molecule has 0 atom stereocenters. The second kappa shape index (κ2) is 2.99. The molecule has 1 amide bonds. The van der Waals surface area contributed by atoms with Crippen molar-refractivity contribution in [1.29, 1.82) is 0 Å². The Bertz CT molecular complexity index is 464. The number of amides is 1. The van der Waals surface area contributed by atoms with Gasteiger partial charge in [0.1, 0.15) is 5.71 Å². The second-order valence-electron chi connectivity index (χ2n) is 2.82. The lowest BCUT2D eigenvalue weighted by atomic mass is 9.93. The average Bonchev–Trinajstić information content (AvgIpc) is 2.19. The fourth-order valence-corrected chi connectivity index (χ4v) is 1.30. The van der Waals surface area contributed by atoms with E-state index >= 15 is 0 Å². The number of carbonyl (C=O) groups is 3. The third-order valence-corrected chi connectivity index (χ3v) is 1.96. The normalized spacial score (nSPS) is 19.6. The molecule has 0 spiro atoms. The molecule has 0 aromatic rings. The highest BCUT2D eigenvalue weighted by molar-refractivity contribution is 6.53. The predicted molar refractivity (Wildman–Crippen MR) is 48.8 cm³/mol. The Balaban J connectivity index is 2.63. The van der Waals surface area contributed by atoms with Crippen molar-refractivity contribution >= 4 is 23.7 Å². The summed E-state index contributed by atoms with van der Waals surface area (Å²) in [7, 11) is 0. The Morgan fingerprint density at radius 1 is 1.07 bits per heavy atom. The fraction of sp³-hybridized carbons (Fsp3) is 0. The lowest BCUT2D eigenvalue weighted by Crippen LogP contribution is -2.22. The molecular weight excluding hydrogens is 182 g/mol. The van der Waals surface area contributed by atoms with E-state index in [2.05, 4.69) is 4.99 Å². The van der Waals surface area contributed by atoms with Crippen molar-refractivity contribution in [3.8, 4) is 0 Å². The number of carbonyl (C=O) groups excluding carboxylic acids is 3. The smallest absolute Gasteiger partial charge is 0.270 e. The van der Waals surface area contributed by atoms with Gasteiger partial charge in [0.15, 0.2) is 6.29 Å². The van der Waals surface area contributed by atoms with Gasteiger partial charge in [-0.1, -0.05) is 0 Å². The number of aldehydes is 1. The van der Waals surface area contributed by atoms with Crippen molar-refractivity contribution < 1.29 is 14.4 Å². The lowest BCUT2D eigenvalue weighted by Gasteiger charge is -2.12. The van der Waals surface area contributed by atoms with Gasteiger partial charge in [0.25, 0.3) is 5.91 Å². The maximum atomic E-state index is 11.3. The summed E-state index contributed by atoms with van der Waals surface area (Å²) in [6.45, 7) is 0. The molecule has 68 valence electrons. The number of aliphatic imine (C=N–C) groups is 1. The van der Waals surface area contributed by atoms with Crippen LogP contribution in [0.3, 0.4) is 0 Å². The fourth-order valence-electron chi connectivity index (χ4n) is 1.30. The first-order chi connectivity index (χ1) is 6.72. The largest absolute Gasteiger partial charge is 0.298 e. The number of ketones is 1. The topological polar surface area (TPSA) is 63.6 Å². The van der Waals surface area contributed by atoms with E-state index in [0.717, 1.165) is 0 Å². The highest BCUT2D eigenvalue weighted by Gasteiger charge is 2.23. The van der Waals surface area contributed by atoms with Crippen LogP contribution in [0, 0.1) is 0 Å². The molecule has 14 heavy (non-hydrogen) atoms. The second-order valence-corrected chi connectivity index (χ2v) is 2.82. The molecule has 0 fully saturated rings. The molecule has 0 radical (unpaired) electrons. The molecular formula is C10H5NO3. The van der Waals surface area contributed by atoms with Crippen LogP contribution >= 0.6 is 0 Å². The molecule has 0 aromatic carbocycles. The van der Waals surface area contributed by atoms with E-state index in [1.165, 1.54) is 24.3 Å². The molecule has 0 bridgehead atoms. The number of nitrogens with zero attached hydrogens (tertiary/aromatic N) is 1. The van der Waals surface area contributed by atoms with E-state index in [9.17, 15) is 14.4 Å². The molecule has 0 N–H and O–H groups in total. The average molecular weight is 187 g/mol. The summed E-state index contributed by atoms with van der Waals surface area (Å²) in [6.07, 6.45) is 5.96. The third-order valence-electron chi connectivity index (χ3n) is 1.96. The van der Waals surface area contributed by atoms with Crippen molar-refractivity contribution in [3.63, 3.8) is 0 Å². The van der Waals surface area contributed by atoms with Gasteiger partial charge in [-0.25, -0.2) is 4.99 Å². The number of fused-ring (bicyclic) bond motifs is 1. The van der Waals surface area contributed by atoms with Crippen LogP contribution in [-0.4, -0.2) is 23.7 Å². The van der Waals surface area contributed by atoms with Crippen molar-refractivity contribution in [3.05, 3.63) is 35.5 Å². The van der Waals surface area contributed by atoms with Crippen LogP contribution in [0.1, 0.15) is 0 Å². The monoisotopic (exact) mass is 187 g/mol. The summed E-state index contributed by atoms with van der Waals surface area (Å²) in [5.74, 6) is -0.819. The maximum absolute atomic E-state index is 11.3. The molecule has 1 aliphatic carbocycles. The van der Waals surface area contributed by atoms with Crippen LogP contribution in [0.4, 0.5) is 0 Å². The quantitative estimate of drug-likeness (QED) is 0.434. The van der Waals surface area contributed by atoms with Crippen LogP contribution in [0.15, 0.2) is 40.4 Å². The lowest BCUT2D eigenvalue weighted by molar-refractivity contribution is -0.114. The van der Waals surface area contributed by atoms with Gasteiger partial charge in [0, 0.05) is 17.2 Å². The van der Waals surface area contributed by atoms with Crippen molar-refractivity contribution in [1.82, 2.24) is 0 Å². The number of hydrogen-bond acceptors (Lipinski definition) is 3. The zero-order chi connectivity index (χ0) is 10.1. The minimum atomic E-state index is -0.474. The minimum absolute atomic E-state index is 0.0575. The van der Waals surface area contributed by atoms with Crippen molar-refractivity contribution in [2.75, 3.05) is 0 Å². The van der Waals surface area contributed by atoms with E-state index in [-0.39, 0.29) is 11.5 Å². The maximum Gasteiger partial charge on any atom is 0.270 e. The third kappa shape index (κ3) is 1.17. The zero-order valence-corrected chi connectivity index (χ0v) is 7.06. The molecule has 0 aromatic heterocycles. The van der Waals surface area contributed by atoms with Crippen LogP contribution in [-0.2, 0) is 14.4 Å². The highest BCUT2D eigenvalue weighted by atomic mass is 16.2. The summed E-state index contributed by atoms with van der Waals surface area (Å²) in [5, 5.41) is 0. The summed E-state index contributed by atoms with van der Waals surface area (Å²) in [6, 6.07) is 0. The molecule has 1 heterocycles. The van der Waals surface area contributed by atoms with Crippen LogP contribution in [0.25, 0.3) is 0 Å². The van der Waals surface area contributed by atoms with Gasteiger partial charge in [-0.15, -0.1) is 0 Å². The summed E-state index contributed by atoms with van der Waals surface area (Å²) in [5.41, 5.74) is 0.848. The Morgan fingerprint density at radius 3 is 2.57 bits per heavy atom. The van der Waals surface area contributed by atoms with E-state index in [0.29, 0.717) is 17.4 Å². The number of hydrogen-bond donors (Lipinski definition) is 0. The van der Waals surface area contributed by atoms with Gasteiger partial charge in [-0.05, 0) is 18.2 Å². The summed E-state index contributed by atoms with van der Waals surface area (Å²) >= 11 is 0. The Hall–Kier alpha value is -2.10. The number of dihydropyridines is 1. The first-order valence-corrected chi connectivity index (χ1v) is 3.95. The number of rotatable bonds is 1. The van der Waals surface area contributed by atoms with E-state index in [1.807, 2.05) is 0 Å². The molecule has 2 rings (SSSR count). The highest BCUT2D eigenvalue weighted by Crippen LogP contribution is 2.18. The SMILES string of the molecule is O=CC1=C2C=CC(=O)N=C2C(=O)C=C1. The van der Waals surface area contributed by atoms with Gasteiger partial charge < -0.3 is 0 Å². The minimum Gasteiger partial charge on any atom is -0.298 e. The van der Waals surface area contributed by atoms with E-state index < -0.39 is 5.91 Å². The van der Waals surface area contributed by atoms with Crippen LogP contribution < -0.4 is 0 Å². The molecule has 0 unspecified atom stereocenters. The molecule has 4 nitrogen and oxygen atoms in total. The first kappa shape index (κ1) is 8.50. The van der Waals surface area contributed by atoms with E-state index in [1.54, 1.807) is 0 Å². The predicted octanol–water partition coefficient (Wildman–Crippen LogP) is 0.158. The van der Waals surface area contributed by atoms with Gasteiger partial charge in [0.2, 0.25) is 5.78 Å². The van der Waals surface area contributed by atoms with E-state index in [4.69, 9.17) is 0 Å². The van der Waals surface area contributed by atoms with Gasteiger partial charge >= 0.3 is 0 Å². The molecule has 2 aliphatic rings. The zero-order valence-electron chi connectivity index (χ0n) is 7.06. The standard InChI is InChI=1S/C10H5NO3/c12-5-6-1-3-8(13)10-7(6)2-4-9(14)11-10/h1-5H. The van der Waals surface area contributed by atoms with Gasteiger partial charge in [0.05, 0.1) is 0 Å². The first-order valence-electron chi connectivity index (χ1n) is 3.95. The Labute approximate surface area is 79.3 Å². The molecule has 0 saturated carbocycles. The molecule has 0 saturated heterocycles. The molecule has 4 heteroatoms. The molecule has 1 aliphatic heterocycles. The van der Waals surface area contributed by atoms with Gasteiger partial charge in [-0.2, -0.15) is 0 Å². The summed E-state index contributed by atoms with van der Waals surface area (Å²) < 4.78 is 0. The van der Waals surface area contributed by atoms with Crippen molar-refractivity contribution in [2.45, 2.75) is 0 Å².